The molecule has 1 aromatic rings. The average molecular weight is 299 g/mol. The van der Waals surface area contributed by atoms with E-state index in [9.17, 15) is 4.79 Å². The zero-order chi connectivity index (χ0) is 12.7. The monoisotopic (exact) mass is 298 g/mol. The molecule has 1 aromatic carbocycles. The van der Waals surface area contributed by atoms with Gasteiger partial charge in [-0.15, -0.1) is 0 Å². The van der Waals surface area contributed by atoms with Crippen molar-refractivity contribution in [3.63, 3.8) is 0 Å². The van der Waals surface area contributed by atoms with Crippen LogP contribution in [0.4, 0.5) is 0 Å². The van der Waals surface area contributed by atoms with Crippen LogP contribution in [0.2, 0.25) is 0 Å². The van der Waals surface area contributed by atoms with Gasteiger partial charge in [0, 0.05) is 17.6 Å². The van der Waals surface area contributed by atoms with Gasteiger partial charge in [0.15, 0.2) is 6.61 Å². The maximum atomic E-state index is 10.5. The number of nitrogens with two attached hydrogens (primary N) is 1. The fraction of sp³-hybridized carbons (Fsp3) is 0.250. The molecule has 0 bridgehead atoms. The highest BCUT2D eigenvalue weighted by Crippen LogP contribution is 2.12. The molecule has 0 saturated carbocycles. The Balaban J connectivity index is 2.39. The van der Waals surface area contributed by atoms with Gasteiger partial charge >= 0.3 is 0 Å². The minimum atomic E-state index is -0.480. The van der Waals surface area contributed by atoms with E-state index in [2.05, 4.69) is 27.8 Å². The Morgan fingerprint density at radius 2 is 2.06 bits per heavy atom. The first-order chi connectivity index (χ1) is 8.08. The number of carbonyl (C=O) groups is 1. The molecule has 17 heavy (non-hydrogen) atoms. The van der Waals surface area contributed by atoms with Gasteiger partial charge in [0.25, 0.3) is 5.91 Å². The molecule has 0 spiro atoms. The summed E-state index contributed by atoms with van der Waals surface area (Å²) in [4.78, 5) is 10.5. The van der Waals surface area contributed by atoms with Crippen LogP contribution in [0, 0.1) is 0 Å². The van der Waals surface area contributed by atoms with Crippen LogP contribution in [0.1, 0.15) is 5.56 Å². The van der Waals surface area contributed by atoms with Gasteiger partial charge in [0.1, 0.15) is 5.75 Å². The van der Waals surface area contributed by atoms with E-state index in [1.165, 1.54) is 0 Å². The van der Waals surface area contributed by atoms with E-state index in [0.717, 1.165) is 23.1 Å². The maximum Gasteiger partial charge on any atom is 0.255 e. The lowest BCUT2D eigenvalue weighted by atomic mass is 10.2. The molecule has 0 aliphatic heterocycles. The Morgan fingerprint density at radius 3 is 2.59 bits per heavy atom. The van der Waals surface area contributed by atoms with E-state index in [0.29, 0.717) is 5.75 Å². The highest BCUT2D eigenvalue weighted by molar-refractivity contribution is 9.11. The molecule has 92 valence electrons. The van der Waals surface area contributed by atoms with Crippen LogP contribution in [-0.4, -0.2) is 19.1 Å². The van der Waals surface area contributed by atoms with Crippen molar-refractivity contribution in [2.45, 2.75) is 6.54 Å². The average Bonchev–Trinajstić information content (AvgIpc) is 2.27. The number of hydrogen-bond donors (Lipinski definition) is 2. The number of carbonyl (C=O) groups excluding carboxylic acids is 1. The molecule has 0 heterocycles. The maximum absolute atomic E-state index is 10.5. The molecule has 0 radical (unpaired) electrons. The number of primary amides is 1. The van der Waals surface area contributed by atoms with Gasteiger partial charge in [0.2, 0.25) is 0 Å². The third kappa shape index (κ3) is 6.09. The number of rotatable bonds is 7. The number of nitrogens with one attached hydrogen (secondary N) is 1. The van der Waals surface area contributed by atoms with Crippen molar-refractivity contribution < 1.29 is 9.53 Å². The third-order valence-corrected chi connectivity index (χ3v) is 2.23. The van der Waals surface area contributed by atoms with Crippen LogP contribution in [-0.2, 0) is 11.3 Å². The lowest BCUT2D eigenvalue weighted by Gasteiger charge is -2.06. The molecule has 3 N–H and O–H groups in total. The molecule has 1 rings (SSSR count). The second-order valence-electron chi connectivity index (χ2n) is 3.52. The van der Waals surface area contributed by atoms with Crippen molar-refractivity contribution in [3.8, 4) is 5.75 Å². The normalized spacial score (nSPS) is 9.94. The van der Waals surface area contributed by atoms with Gasteiger partial charge in [-0.1, -0.05) is 34.6 Å². The molecule has 0 atom stereocenters. The van der Waals surface area contributed by atoms with Gasteiger partial charge in [-0.25, -0.2) is 0 Å². The number of amides is 1. The smallest absolute Gasteiger partial charge is 0.255 e. The SMILES string of the molecule is C=C(Br)CNCc1ccc(OCC(N)=O)cc1. The first-order valence-electron chi connectivity index (χ1n) is 5.12. The summed E-state index contributed by atoms with van der Waals surface area (Å²) in [5.41, 5.74) is 6.11. The summed E-state index contributed by atoms with van der Waals surface area (Å²) in [6.07, 6.45) is 0. The predicted octanol–water partition coefficient (Wildman–Crippen LogP) is 1.55. The summed E-state index contributed by atoms with van der Waals surface area (Å²) < 4.78 is 6.06. The Kier molecular flexibility index (Phi) is 5.72. The molecule has 0 unspecified atom stereocenters. The zero-order valence-electron chi connectivity index (χ0n) is 9.41. The van der Waals surface area contributed by atoms with Crippen LogP contribution in [0.5, 0.6) is 5.75 Å². The molecule has 0 saturated heterocycles. The molecular formula is C12H15BrN2O2. The number of halogens is 1. The van der Waals surface area contributed by atoms with Crippen LogP contribution < -0.4 is 15.8 Å². The zero-order valence-corrected chi connectivity index (χ0v) is 11.0. The van der Waals surface area contributed by atoms with Crippen molar-refractivity contribution in [1.82, 2.24) is 5.32 Å². The highest BCUT2D eigenvalue weighted by Gasteiger charge is 1.98. The Bertz CT molecular complexity index is 390. The Hall–Kier alpha value is -1.33. The molecular weight excluding hydrogens is 284 g/mol. The summed E-state index contributed by atoms with van der Waals surface area (Å²) in [5.74, 6) is 0.157. The molecule has 0 fully saturated rings. The van der Waals surface area contributed by atoms with E-state index < -0.39 is 5.91 Å². The first-order valence-corrected chi connectivity index (χ1v) is 5.91. The minimum absolute atomic E-state index is 0.0962. The molecule has 5 heteroatoms. The summed E-state index contributed by atoms with van der Waals surface area (Å²) in [5, 5.41) is 3.21. The summed E-state index contributed by atoms with van der Waals surface area (Å²) in [7, 11) is 0. The quantitative estimate of drug-likeness (QED) is 0.803. The number of benzene rings is 1. The second-order valence-corrected chi connectivity index (χ2v) is 4.64. The molecule has 4 nitrogen and oxygen atoms in total. The van der Waals surface area contributed by atoms with Gasteiger partial charge in [-0.05, 0) is 17.7 Å². The third-order valence-electron chi connectivity index (χ3n) is 1.95. The lowest BCUT2D eigenvalue weighted by Crippen LogP contribution is -2.20. The van der Waals surface area contributed by atoms with E-state index >= 15 is 0 Å². The van der Waals surface area contributed by atoms with Crippen LogP contribution in [0.25, 0.3) is 0 Å². The minimum Gasteiger partial charge on any atom is -0.484 e. The van der Waals surface area contributed by atoms with Crippen molar-refractivity contribution in [2.75, 3.05) is 13.2 Å². The Morgan fingerprint density at radius 1 is 1.41 bits per heavy atom. The van der Waals surface area contributed by atoms with Crippen molar-refractivity contribution in [3.05, 3.63) is 40.9 Å². The molecule has 1 amide bonds. The van der Waals surface area contributed by atoms with E-state index in [-0.39, 0.29) is 6.61 Å². The fourth-order valence-electron chi connectivity index (χ4n) is 1.20. The van der Waals surface area contributed by atoms with Gasteiger partial charge < -0.3 is 15.8 Å². The largest absolute Gasteiger partial charge is 0.484 e. The highest BCUT2D eigenvalue weighted by atomic mass is 79.9. The number of hydrogen-bond acceptors (Lipinski definition) is 3. The first kappa shape index (κ1) is 13.7. The van der Waals surface area contributed by atoms with E-state index in [4.69, 9.17) is 10.5 Å². The molecule has 0 aromatic heterocycles. The van der Waals surface area contributed by atoms with Gasteiger partial charge in [-0.3, -0.25) is 4.79 Å². The van der Waals surface area contributed by atoms with Crippen LogP contribution >= 0.6 is 15.9 Å². The summed E-state index contributed by atoms with van der Waals surface area (Å²) in [6, 6.07) is 7.48. The standard InChI is InChI=1S/C12H15BrN2O2/c1-9(13)6-15-7-10-2-4-11(5-3-10)17-8-12(14)16/h2-5,15H,1,6-8H2,(H2,14,16). The van der Waals surface area contributed by atoms with Gasteiger partial charge in [0.05, 0.1) is 0 Å². The predicted molar refractivity (Wildman–Crippen MR) is 70.9 cm³/mol. The van der Waals surface area contributed by atoms with Crippen LogP contribution in [0.3, 0.4) is 0 Å². The summed E-state index contributed by atoms with van der Waals surface area (Å²) in [6.45, 7) is 5.11. The van der Waals surface area contributed by atoms with E-state index in [1.54, 1.807) is 0 Å². The Labute approximate surface area is 109 Å². The lowest BCUT2D eigenvalue weighted by molar-refractivity contribution is -0.119. The molecule has 0 aliphatic carbocycles. The molecule has 0 aliphatic rings. The van der Waals surface area contributed by atoms with Crippen LogP contribution in [0.15, 0.2) is 35.3 Å². The summed E-state index contributed by atoms with van der Waals surface area (Å²) >= 11 is 3.27. The van der Waals surface area contributed by atoms with Crippen molar-refractivity contribution >= 4 is 21.8 Å². The fourth-order valence-corrected chi connectivity index (χ4v) is 1.40. The second kappa shape index (κ2) is 7.09. The van der Waals surface area contributed by atoms with Crippen molar-refractivity contribution in [2.24, 2.45) is 5.73 Å². The van der Waals surface area contributed by atoms with Crippen molar-refractivity contribution in [1.29, 1.82) is 0 Å². The van der Waals surface area contributed by atoms with E-state index in [1.807, 2.05) is 24.3 Å². The number of ether oxygens (including phenoxy) is 1. The topological polar surface area (TPSA) is 64.3 Å². The van der Waals surface area contributed by atoms with Gasteiger partial charge in [-0.2, -0.15) is 0 Å².